The Morgan fingerprint density at radius 1 is 1.16 bits per heavy atom. The van der Waals surface area contributed by atoms with Crippen LogP contribution in [0.3, 0.4) is 0 Å². The summed E-state index contributed by atoms with van der Waals surface area (Å²) in [7, 11) is 1.67. The molecule has 1 aliphatic rings. The van der Waals surface area contributed by atoms with Crippen molar-refractivity contribution in [2.24, 2.45) is 0 Å². The van der Waals surface area contributed by atoms with Crippen molar-refractivity contribution in [3.05, 3.63) is 87.1 Å². The van der Waals surface area contributed by atoms with E-state index in [9.17, 15) is 18.4 Å². The number of rotatable bonds is 2. The molecule has 0 fully saturated rings. The molecule has 0 saturated heterocycles. The molecule has 158 valence electrons. The number of nitrogens with one attached hydrogen (secondary N) is 2. The number of aromatic amines is 1. The number of carbonyl (C=O) groups is 1. The van der Waals surface area contributed by atoms with E-state index in [1.54, 1.807) is 18.1 Å². The molecule has 1 aliphatic heterocycles. The van der Waals surface area contributed by atoms with Crippen LogP contribution in [-0.2, 0) is 6.54 Å². The maximum absolute atomic E-state index is 14.1. The summed E-state index contributed by atoms with van der Waals surface area (Å²) in [4.78, 5) is 30.1. The number of H-pyrrole nitrogens is 1. The molecule has 2 N–H and O–H groups in total. The van der Waals surface area contributed by atoms with Crippen molar-refractivity contribution in [1.82, 2.24) is 19.6 Å². The second kappa shape index (κ2) is 7.02. The van der Waals surface area contributed by atoms with Crippen LogP contribution in [0.25, 0.3) is 16.3 Å². The summed E-state index contributed by atoms with van der Waals surface area (Å²) < 4.78 is 29.7. The maximum atomic E-state index is 14.1. The molecule has 1 aromatic carbocycles. The average molecular weight is 422 g/mol. The fourth-order valence-electron chi connectivity index (χ4n) is 4.36. The van der Waals surface area contributed by atoms with E-state index in [4.69, 9.17) is 0 Å². The highest BCUT2D eigenvalue weighted by molar-refractivity contribution is 5.96. The molecule has 1 atom stereocenters. The Bertz CT molecular complexity index is 1420. The number of hydrogen-bond acceptors (Lipinski definition) is 3. The number of fused-ring (bicyclic) bond motifs is 4. The van der Waals surface area contributed by atoms with Gasteiger partial charge < -0.3 is 19.6 Å². The minimum absolute atomic E-state index is 0.0653. The van der Waals surface area contributed by atoms with Gasteiger partial charge in [-0.1, -0.05) is 0 Å². The first-order chi connectivity index (χ1) is 14.8. The zero-order chi connectivity index (χ0) is 21.9. The van der Waals surface area contributed by atoms with Crippen molar-refractivity contribution >= 4 is 22.2 Å². The number of carbonyl (C=O) groups excluding carboxylic acids is 1. The number of pyridine rings is 2. The Kier molecular flexibility index (Phi) is 4.40. The summed E-state index contributed by atoms with van der Waals surface area (Å²) in [5, 5.41) is 3.58. The summed E-state index contributed by atoms with van der Waals surface area (Å²) in [6, 6.07) is 7.26. The summed E-state index contributed by atoms with van der Waals surface area (Å²) >= 11 is 0. The maximum Gasteiger partial charge on any atom is 0.256 e. The van der Waals surface area contributed by atoms with E-state index in [2.05, 4.69) is 10.3 Å². The highest BCUT2D eigenvalue weighted by atomic mass is 19.2. The van der Waals surface area contributed by atoms with Crippen LogP contribution in [0.5, 0.6) is 0 Å². The second-order valence-corrected chi connectivity index (χ2v) is 7.99. The van der Waals surface area contributed by atoms with E-state index in [1.165, 1.54) is 0 Å². The van der Waals surface area contributed by atoms with Gasteiger partial charge in [0.05, 0.1) is 17.0 Å². The molecule has 5 rings (SSSR count). The number of halogens is 2. The van der Waals surface area contributed by atoms with E-state index in [0.29, 0.717) is 35.3 Å². The summed E-state index contributed by atoms with van der Waals surface area (Å²) in [6.45, 7) is 2.77. The van der Waals surface area contributed by atoms with Crippen LogP contribution in [0.15, 0.2) is 47.5 Å². The molecule has 4 heterocycles. The zero-order valence-corrected chi connectivity index (χ0v) is 17.0. The van der Waals surface area contributed by atoms with Crippen LogP contribution in [0.4, 0.5) is 8.78 Å². The minimum atomic E-state index is -1.08. The number of amides is 1. The van der Waals surface area contributed by atoms with E-state index in [0.717, 1.165) is 23.2 Å². The Labute approximate surface area is 176 Å². The smallest absolute Gasteiger partial charge is 0.256 e. The first-order valence-electron chi connectivity index (χ1n) is 9.93. The third-order valence-corrected chi connectivity index (χ3v) is 5.95. The van der Waals surface area contributed by atoms with Crippen molar-refractivity contribution in [1.29, 1.82) is 0 Å². The number of likely N-dealkylation sites (N-methyl/N-ethyl adjacent to an activating group) is 1. The van der Waals surface area contributed by atoms with E-state index in [1.807, 2.05) is 35.7 Å². The van der Waals surface area contributed by atoms with Gasteiger partial charge in [0.25, 0.3) is 11.5 Å². The van der Waals surface area contributed by atoms with Crippen LogP contribution in [0.1, 0.15) is 33.2 Å². The molecule has 4 aromatic rings. The molecule has 1 unspecified atom stereocenters. The molecular weight excluding hydrogens is 402 g/mol. The van der Waals surface area contributed by atoms with Crippen molar-refractivity contribution < 1.29 is 13.6 Å². The lowest BCUT2D eigenvalue weighted by molar-refractivity contribution is 0.0723. The zero-order valence-electron chi connectivity index (χ0n) is 17.0. The number of aromatic nitrogens is 2. The van der Waals surface area contributed by atoms with Gasteiger partial charge in [0.2, 0.25) is 0 Å². The minimum Gasteiger partial charge on any atom is -0.333 e. The van der Waals surface area contributed by atoms with Gasteiger partial charge in [0, 0.05) is 49.3 Å². The SMILES string of the molecule is Cc1ccn2cc(C(=O)N(C)C3CNCc4[nH]c(=O)c5cc(F)c(F)cc5c43)cc2c1. The largest absolute Gasteiger partial charge is 0.333 e. The van der Waals surface area contributed by atoms with Crippen LogP contribution < -0.4 is 10.9 Å². The summed E-state index contributed by atoms with van der Waals surface area (Å²) in [5.74, 6) is -2.31. The first kappa shape index (κ1) is 19.4. The molecule has 6 nitrogen and oxygen atoms in total. The second-order valence-electron chi connectivity index (χ2n) is 7.99. The number of hydrogen-bond donors (Lipinski definition) is 2. The number of nitrogens with zero attached hydrogens (tertiary/aromatic N) is 2. The van der Waals surface area contributed by atoms with E-state index >= 15 is 0 Å². The van der Waals surface area contributed by atoms with Crippen molar-refractivity contribution in [3.63, 3.8) is 0 Å². The standard InChI is InChI=1S/C23H20F2N4O2/c1-12-3-4-29-11-13(6-14(29)5-12)23(31)28(2)20-10-26-9-19-21(20)15-7-17(24)18(25)8-16(15)22(30)27-19/h3-8,11,20,26H,9-10H2,1-2H3,(H,27,30). The van der Waals surface area contributed by atoms with Gasteiger partial charge in [-0.15, -0.1) is 0 Å². The third kappa shape index (κ3) is 3.11. The number of aryl methyl sites for hydroxylation is 1. The van der Waals surface area contributed by atoms with Gasteiger partial charge in [-0.25, -0.2) is 8.78 Å². The van der Waals surface area contributed by atoms with E-state index < -0.39 is 23.2 Å². The summed E-state index contributed by atoms with van der Waals surface area (Å²) in [5.41, 5.74) is 3.23. The monoisotopic (exact) mass is 422 g/mol. The molecule has 0 aliphatic carbocycles. The molecule has 0 spiro atoms. The predicted molar refractivity (Wildman–Crippen MR) is 113 cm³/mol. The van der Waals surface area contributed by atoms with Crippen LogP contribution >= 0.6 is 0 Å². The van der Waals surface area contributed by atoms with Crippen LogP contribution in [0.2, 0.25) is 0 Å². The van der Waals surface area contributed by atoms with Crippen molar-refractivity contribution in [3.8, 4) is 0 Å². The average Bonchev–Trinajstić information content (AvgIpc) is 3.17. The Morgan fingerprint density at radius 3 is 2.68 bits per heavy atom. The molecule has 8 heteroatoms. The lowest BCUT2D eigenvalue weighted by Crippen LogP contribution is -2.42. The Balaban J connectivity index is 1.61. The van der Waals surface area contributed by atoms with E-state index in [-0.39, 0.29) is 11.3 Å². The lowest BCUT2D eigenvalue weighted by atomic mass is 9.93. The highest BCUT2D eigenvalue weighted by Gasteiger charge is 2.31. The van der Waals surface area contributed by atoms with Gasteiger partial charge in [-0.05, 0) is 48.2 Å². The van der Waals surface area contributed by atoms with Gasteiger partial charge in [-0.3, -0.25) is 9.59 Å². The molecular formula is C23H20F2N4O2. The molecule has 31 heavy (non-hydrogen) atoms. The molecule has 0 bridgehead atoms. The first-order valence-corrected chi connectivity index (χ1v) is 9.93. The Hall–Kier alpha value is -3.52. The molecule has 1 amide bonds. The van der Waals surface area contributed by atoms with Crippen molar-refractivity contribution in [2.45, 2.75) is 19.5 Å². The molecule has 0 saturated carbocycles. The normalized spacial score (nSPS) is 15.9. The predicted octanol–water partition coefficient (Wildman–Crippen LogP) is 3.28. The highest BCUT2D eigenvalue weighted by Crippen LogP contribution is 2.32. The Morgan fingerprint density at radius 2 is 1.90 bits per heavy atom. The molecule has 0 radical (unpaired) electrons. The molecule has 3 aromatic heterocycles. The van der Waals surface area contributed by atoms with Crippen molar-refractivity contribution in [2.75, 3.05) is 13.6 Å². The summed E-state index contributed by atoms with van der Waals surface area (Å²) in [6.07, 6.45) is 3.67. The van der Waals surface area contributed by atoms with Crippen LogP contribution in [-0.4, -0.2) is 33.8 Å². The topological polar surface area (TPSA) is 69.6 Å². The fourth-order valence-corrected chi connectivity index (χ4v) is 4.36. The fraction of sp³-hybridized carbons (Fsp3) is 0.217. The lowest BCUT2D eigenvalue weighted by Gasteiger charge is -2.34. The van der Waals surface area contributed by atoms with Gasteiger partial charge in [0.15, 0.2) is 11.6 Å². The van der Waals surface area contributed by atoms with Gasteiger partial charge >= 0.3 is 0 Å². The number of benzene rings is 1. The van der Waals surface area contributed by atoms with Gasteiger partial charge in [-0.2, -0.15) is 0 Å². The van der Waals surface area contributed by atoms with Crippen LogP contribution in [0, 0.1) is 18.6 Å². The third-order valence-electron chi connectivity index (χ3n) is 5.95. The van der Waals surface area contributed by atoms with Gasteiger partial charge in [0.1, 0.15) is 0 Å². The quantitative estimate of drug-likeness (QED) is 0.521.